The summed E-state index contributed by atoms with van der Waals surface area (Å²) in [5.41, 5.74) is 0.751. The first-order valence-electron chi connectivity index (χ1n) is 5.54. The van der Waals surface area contributed by atoms with Crippen LogP contribution in [0.15, 0.2) is 44.2 Å². The number of azo groups is 1. The van der Waals surface area contributed by atoms with Gasteiger partial charge < -0.3 is 0 Å². The zero-order valence-corrected chi connectivity index (χ0v) is 11.5. The van der Waals surface area contributed by atoms with E-state index in [2.05, 4.69) is 15.3 Å². The Morgan fingerprint density at radius 3 is 2.35 bits per heavy atom. The van der Waals surface area contributed by atoms with Crippen molar-refractivity contribution >= 4 is 15.8 Å². The molecule has 0 bridgehead atoms. The minimum absolute atomic E-state index is 0.186. The number of rotatable bonds is 3. The Balaban J connectivity index is 2.53. The molecule has 0 amide bonds. The van der Waals surface area contributed by atoms with Crippen molar-refractivity contribution in [1.82, 2.24) is 9.78 Å². The molecule has 2 rings (SSSR count). The highest BCUT2D eigenvalue weighted by Gasteiger charge is 2.13. The molecule has 1 aromatic heterocycles. The van der Waals surface area contributed by atoms with E-state index in [0.717, 1.165) is 0 Å². The molecule has 0 aliphatic rings. The van der Waals surface area contributed by atoms with Crippen molar-refractivity contribution < 1.29 is 13.0 Å². The summed E-state index contributed by atoms with van der Waals surface area (Å²) in [5, 5.41) is 10.1. The monoisotopic (exact) mass is 296 g/mol. The van der Waals surface area contributed by atoms with Crippen LogP contribution in [0.5, 0.6) is 0 Å². The van der Waals surface area contributed by atoms with E-state index in [9.17, 15) is 13.2 Å². The third-order valence-electron chi connectivity index (χ3n) is 2.63. The molecule has 106 valence electrons. The zero-order valence-electron chi connectivity index (χ0n) is 10.7. The van der Waals surface area contributed by atoms with Gasteiger partial charge in [0.05, 0.1) is 16.3 Å². The summed E-state index contributed by atoms with van der Waals surface area (Å²) >= 11 is 0. The summed E-state index contributed by atoms with van der Waals surface area (Å²) in [6.45, 7) is 1.68. The van der Waals surface area contributed by atoms with Crippen molar-refractivity contribution in [1.29, 1.82) is 0 Å². The highest BCUT2D eigenvalue weighted by Crippen LogP contribution is 2.16. The SMILES string of the molecule is CN=Nc1c(C)[nH]n(-c2ccc(S(=O)(=O)O)cc2)c1=O. The smallest absolute Gasteiger partial charge is 0.293 e. The van der Waals surface area contributed by atoms with Crippen LogP contribution >= 0.6 is 0 Å². The van der Waals surface area contributed by atoms with Gasteiger partial charge in [0.1, 0.15) is 0 Å². The van der Waals surface area contributed by atoms with E-state index >= 15 is 0 Å². The summed E-state index contributed by atoms with van der Waals surface area (Å²) < 4.78 is 32.0. The molecule has 0 spiro atoms. The lowest BCUT2D eigenvalue weighted by Gasteiger charge is -2.02. The van der Waals surface area contributed by atoms with Gasteiger partial charge in [-0.2, -0.15) is 13.5 Å². The molecule has 1 aromatic carbocycles. The summed E-state index contributed by atoms with van der Waals surface area (Å²) in [5.74, 6) is 0. The second kappa shape index (κ2) is 5.02. The molecule has 2 N–H and O–H groups in total. The fourth-order valence-corrected chi connectivity index (χ4v) is 2.18. The molecule has 0 atom stereocenters. The van der Waals surface area contributed by atoms with Crippen LogP contribution in [0.3, 0.4) is 0 Å². The predicted octanol–water partition coefficient (Wildman–Crippen LogP) is 1.43. The molecule has 0 aliphatic carbocycles. The Labute approximate surface area is 114 Å². The standard InChI is InChI=1S/C11H12N4O4S/c1-7-10(13-12-2)11(16)15(14-7)8-3-5-9(6-4-8)20(17,18)19/h3-6,14H,1-2H3,(H,17,18,19). The number of hydrogen-bond donors (Lipinski definition) is 2. The van der Waals surface area contributed by atoms with E-state index in [0.29, 0.717) is 11.4 Å². The molecular weight excluding hydrogens is 284 g/mol. The topological polar surface area (TPSA) is 117 Å². The molecule has 8 nitrogen and oxygen atoms in total. The maximum atomic E-state index is 12.1. The molecule has 1 heterocycles. The quantitative estimate of drug-likeness (QED) is 0.658. The number of aromatic nitrogens is 2. The van der Waals surface area contributed by atoms with Gasteiger partial charge in [0.15, 0.2) is 5.69 Å². The lowest BCUT2D eigenvalue weighted by atomic mass is 10.3. The average Bonchev–Trinajstić information content (AvgIpc) is 2.66. The van der Waals surface area contributed by atoms with Gasteiger partial charge in [0.25, 0.3) is 15.7 Å². The lowest BCUT2D eigenvalue weighted by Crippen LogP contribution is -2.14. The van der Waals surface area contributed by atoms with Crippen LogP contribution in [0.2, 0.25) is 0 Å². The molecule has 20 heavy (non-hydrogen) atoms. The number of aryl methyl sites for hydroxylation is 1. The first-order valence-corrected chi connectivity index (χ1v) is 6.98. The molecule has 0 aliphatic heterocycles. The molecule has 0 unspecified atom stereocenters. The summed E-state index contributed by atoms with van der Waals surface area (Å²) in [7, 11) is -2.80. The Hall–Kier alpha value is -2.26. The van der Waals surface area contributed by atoms with E-state index in [1.165, 1.54) is 36.0 Å². The van der Waals surface area contributed by atoms with Crippen LogP contribution in [0, 0.1) is 6.92 Å². The van der Waals surface area contributed by atoms with Crippen molar-refractivity contribution in [2.45, 2.75) is 11.8 Å². The van der Waals surface area contributed by atoms with Crippen LogP contribution < -0.4 is 5.56 Å². The van der Waals surface area contributed by atoms with Crippen LogP contribution in [0.4, 0.5) is 5.69 Å². The predicted molar refractivity (Wildman–Crippen MR) is 71.4 cm³/mol. The van der Waals surface area contributed by atoms with Gasteiger partial charge in [-0.1, -0.05) is 0 Å². The van der Waals surface area contributed by atoms with Crippen molar-refractivity contribution in [2.24, 2.45) is 10.2 Å². The van der Waals surface area contributed by atoms with Crippen LogP contribution in [-0.4, -0.2) is 29.8 Å². The lowest BCUT2D eigenvalue weighted by molar-refractivity contribution is 0.483. The summed E-state index contributed by atoms with van der Waals surface area (Å²) in [6.07, 6.45) is 0. The number of hydrogen-bond acceptors (Lipinski definition) is 5. The van der Waals surface area contributed by atoms with Crippen molar-refractivity contribution in [3.63, 3.8) is 0 Å². The van der Waals surface area contributed by atoms with Crippen molar-refractivity contribution in [2.75, 3.05) is 7.05 Å². The second-order valence-corrected chi connectivity index (χ2v) is 5.42. The van der Waals surface area contributed by atoms with Crippen LogP contribution in [0.1, 0.15) is 5.69 Å². The normalized spacial score (nSPS) is 12.2. The van der Waals surface area contributed by atoms with Gasteiger partial charge in [-0.05, 0) is 31.2 Å². The second-order valence-electron chi connectivity index (χ2n) is 3.99. The minimum atomic E-state index is -4.25. The van der Waals surface area contributed by atoms with Gasteiger partial charge in [-0.25, -0.2) is 4.68 Å². The zero-order chi connectivity index (χ0) is 14.9. The maximum absolute atomic E-state index is 12.1. The fourth-order valence-electron chi connectivity index (χ4n) is 1.70. The van der Waals surface area contributed by atoms with Crippen molar-refractivity contribution in [3.8, 4) is 5.69 Å². The maximum Gasteiger partial charge on any atom is 0.299 e. The largest absolute Gasteiger partial charge is 0.299 e. The molecule has 9 heteroatoms. The van der Waals surface area contributed by atoms with E-state index in [1.807, 2.05) is 0 Å². The van der Waals surface area contributed by atoms with E-state index < -0.39 is 15.7 Å². The van der Waals surface area contributed by atoms with Crippen molar-refractivity contribution in [3.05, 3.63) is 40.3 Å². The molecule has 2 aromatic rings. The van der Waals surface area contributed by atoms with Gasteiger partial charge in [-0.15, -0.1) is 5.11 Å². The van der Waals surface area contributed by atoms with Gasteiger partial charge in [-0.3, -0.25) is 14.4 Å². The Morgan fingerprint density at radius 2 is 1.85 bits per heavy atom. The highest BCUT2D eigenvalue weighted by molar-refractivity contribution is 7.85. The van der Waals surface area contributed by atoms with Crippen LogP contribution in [-0.2, 0) is 10.1 Å². The van der Waals surface area contributed by atoms with Gasteiger partial charge in [0.2, 0.25) is 0 Å². The number of nitrogens with zero attached hydrogens (tertiary/aromatic N) is 3. The first kappa shape index (κ1) is 14.2. The van der Waals surface area contributed by atoms with E-state index in [1.54, 1.807) is 6.92 Å². The van der Waals surface area contributed by atoms with Crippen LogP contribution in [0.25, 0.3) is 5.69 Å². The van der Waals surface area contributed by atoms with E-state index in [-0.39, 0.29) is 10.6 Å². The first-order chi connectivity index (χ1) is 9.34. The average molecular weight is 296 g/mol. The Morgan fingerprint density at radius 1 is 1.25 bits per heavy atom. The molecular formula is C11H12N4O4S. The number of H-pyrrole nitrogens is 1. The van der Waals surface area contributed by atoms with E-state index in [4.69, 9.17) is 4.55 Å². The third-order valence-corrected chi connectivity index (χ3v) is 3.50. The summed E-state index contributed by atoms with van der Waals surface area (Å²) in [6, 6.07) is 5.20. The molecule has 0 fully saturated rings. The highest BCUT2D eigenvalue weighted by atomic mass is 32.2. The molecule has 0 radical (unpaired) electrons. The fraction of sp³-hybridized carbons (Fsp3) is 0.182. The number of benzene rings is 1. The Kier molecular flexibility index (Phi) is 3.55. The summed E-state index contributed by atoms with van der Waals surface area (Å²) in [4.78, 5) is 11.8. The van der Waals surface area contributed by atoms with Gasteiger partial charge >= 0.3 is 0 Å². The Bertz CT molecular complexity index is 815. The van der Waals surface area contributed by atoms with Gasteiger partial charge in [0, 0.05) is 7.05 Å². The number of aromatic amines is 1. The molecule has 0 saturated heterocycles. The molecule has 0 saturated carbocycles. The minimum Gasteiger partial charge on any atom is -0.293 e. The third kappa shape index (κ3) is 2.53. The number of nitrogens with one attached hydrogen (secondary N) is 1.